The number of nitrogen functional groups attached to an aromatic ring is 1. The number of hydrogen-bond acceptors (Lipinski definition) is 6. The number of anilines is 1. The van der Waals surface area contributed by atoms with E-state index >= 15 is 0 Å². The largest absolute Gasteiger partial charge is 0.398 e. The van der Waals surface area contributed by atoms with Crippen molar-refractivity contribution >= 4 is 15.7 Å². The molecule has 1 atom stereocenters. The van der Waals surface area contributed by atoms with Crippen LogP contribution < -0.4 is 10.5 Å². The molecule has 0 aliphatic heterocycles. The SMILES string of the molecule is CC(NS(=O)(=O)c1cnccc1N)c1ncn[nH]1. The van der Waals surface area contributed by atoms with Crippen LogP contribution in [0.3, 0.4) is 0 Å². The molecule has 9 heteroatoms. The van der Waals surface area contributed by atoms with E-state index in [9.17, 15) is 8.42 Å². The van der Waals surface area contributed by atoms with E-state index in [0.717, 1.165) is 0 Å². The van der Waals surface area contributed by atoms with Gasteiger partial charge in [-0.05, 0) is 13.0 Å². The first-order valence-corrected chi connectivity index (χ1v) is 6.56. The Bertz CT molecular complexity index is 624. The molecule has 0 aliphatic rings. The van der Waals surface area contributed by atoms with Crippen LogP contribution in [0.5, 0.6) is 0 Å². The van der Waals surface area contributed by atoms with Gasteiger partial charge in [-0.25, -0.2) is 18.1 Å². The van der Waals surface area contributed by atoms with Gasteiger partial charge < -0.3 is 5.73 Å². The zero-order chi connectivity index (χ0) is 13.2. The number of H-pyrrole nitrogens is 1. The van der Waals surface area contributed by atoms with Gasteiger partial charge in [-0.3, -0.25) is 10.1 Å². The van der Waals surface area contributed by atoms with E-state index in [0.29, 0.717) is 5.82 Å². The average Bonchev–Trinajstić information content (AvgIpc) is 2.82. The highest BCUT2D eigenvalue weighted by atomic mass is 32.2. The minimum Gasteiger partial charge on any atom is -0.398 e. The van der Waals surface area contributed by atoms with Crippen molar-refractivity contribution in [2.24, 2.45) is 0 Å². The molecule has 1 unspecified atom stereocenters. The topological polar surface area (TPSA) is 127 Å². The summed E-state index contributed by atoms with van der Waals surface area (Å²) in [5, 5.41) is 6.25. The molecule has 0 aliphatic carbocycles. The van der Waals surface area contributed by atoms with E-state index in [4.69, 9.17) is 5.73 Å². The van der Waals surface area contributed by atoms with Crippen molar-refractivity contribution in [1.82, 2.24) is 24.9 Å². The molecular formula is C9H12N6O2S. The Kier molecular flexibility index (Phi) is 3.26. The minimum absolute atomic E-state index is 0.0589. The molecule has 4 N–H and O–H groups in total. The van der Waals surface area contributed by atoms with E-state index in [1.54, 1.807) is 6.92 Å². The van der Waals surface area contributed by atoms with Gasteiger partial charge in [0, 0.05) is 12.4 Å². The summed E-state index contributed by atoms with van der Waals surface area (Å²) in [5.74, 6) is 0.418. The van der Waals surface area contributed by atoms with E-state index in [2.05, 4.69) is 24.9 Å². The molecule has 2 rings (SSSR count). The minimum atomic E-state index is -3.74. The van der Waals surface area contributed by atoms with Crippen LogP contribution in [0.4, 0.5) is 5.69 Å². The van der Waals surface area contributed by atoms with Crippen molar-refractivity contribution in [3.05, 3.63) is 30.6 Å². The highest BCUT2D eigenvalue weighted by Gasteiger charge is 2.22. The van der Waals surface area contributed by atoms with Gasteiger partial charge in [0.25, 0.3) is 0 Å². The third-order valence-electron chi connectivity index (χ3n) is 2.28. The van der Waals surface area contributed by atoms with Crippen LogP contribution in [0.15, 0.2) is 29.7 Å². The summed E-state index contributed by atoms with van der Waals surface area (Å²) in [6.45, 7) is 1.64. The van der Waals surface area contributed by atoms with Gasteiger partial charge >= 0.3 is 0 Å². The lowest BCUT2D eigenvalue weighted by molar-refractivity contribution is 0.560. The Hall–Kier alpha value is -2.00. The van der Waals surface area contributed by atoms with Crippen LogP contribution in [0, 0.1) is 0 Å². The fourth-order valence-corrected chi connectivity index (χ4v) is 2.67. The molecule has 0 saturated carbocycles. The van der Waals surface area contributed by atoms with Crippen LogP contribution >= 0.6 is 0 Å². The number of nitrogens with zero attached hydrogens (tertiary/aromatic N) is 3. The number of pyridine rings is 1. The Balaban J connectivity index is 2.26. The summed E-state index contributed by atoms with van der Waals surface area (Å²) < 4.78 is 26.6. The highest BCUT2D eigenvalue weighted by molar-refractivity contribution is 7.89. The summed E-state index contributed by atoms with van der Waals surface area (Å²) in [5.41, 5.74) is 5.75. The monoisotopic (exact) mass is 268 g/mol. The van der Waals surface area contributed by atoms with Crippen molar-refractivity contribution in [2.45, 2.75) is 17.9 Å². The Morgan fingerprint density at radius 2 is 2.28 bits per heavy atom. The van der Waals surface area contributed by atoms with Gasteiger partial charge in [-0.1, -0.05) is 0 Å². The second kappa shape index (κ2) is 4.70. The molecule has 0 aromatic carbocycles. The van der Waals surface area contributed by atoms with E-state index in [1.165, 1.54) is 24.8 Å². The summed E-state index contributed by atoms with van der Waals surface area (Å²) in [6.07, 6.45) is 3.93. The van der Waals surface area contributed by atoms with Gasteiger partial charge in [0.05, 0.1) is 11.7 Å². The number of rotatable bonds is 4. The van der Waals surface area contributed by atoms with Crippen molar-refractivity contribution < 1.29 is 8.42 Å². The van der Waals surface area contributed by atoms with Crippen LogP contribution in [0.2, 0.25) is 0 Å². The zero-order valence-corrected chi connectivity index (χ0v) is 10.3. The molecular weight excluding hydrogens is 256 g/mol. The lowest BCUT2D eigenvalue weighted by Crippen LogP contribution is -2.28. The summed E-state index contributed by atoms with van der Waals surface area (Å²) in [6, 6.07) is 0.880. The molecule has 0 spiro atoms. The molecule has 0 fully saturated rings. The normalized spacial score (nSPS) is 13.4. The molecule has 96 valence electrons. The first-order chi connectivity index (χ1) is 8.50. The first-order valence-electron chi connectivity index (χ1n) is 5.08. The lowest BCUT2D eigenvalue weighted by Gasteiger charge is -2.12. The smallest absolute Gasteiger partial charge is 0.244 e. The lowest BCUT2D eigenvalue weighted by atomic mass is 10.3. The first kappa shape index (κ1) is 12.5. The van der Waals surface area contributed by atoms with Gasteiger partial charge in [-0.2, -0.15) is 5.10 Å². The number of aromatic nitrogens is 4. The second-order valence-corrected chi connectivity index (χ2v) is 5.31. The Morgan fingerprint density at radius 1 is 1.50 bits per heavy atom. The molecule has 8 nitrogen and oxygen atoms in total. The predicted octanol–water partition coefficient (Wildman–Crippen LogP) is -0.179. The molecule has 2 aromatic rings. The fourth-order valence-electron chi connectivity index (χ4n) is 1.39. The third kappa shape index (κ3) is 2.46. The number of nitrogens with two attached hydrogens (primary N) is 1. The second-order valence-electron chi connectivity index (χ2n) is 3.63. The maximum Gasteiger partial charge on any atom is 0.244 e. The summed E-state index contributed by atoms with van der Waals surface area (Å²) in [7, 11) is -3.74. The molecule has 0 saturated heterocycles. The highest BCUT2D eigenvalue weighted by Crippen LogP contribution is 2.18. The third-order valence-corrected chi connectivity index (χ3v) is 3.87. The molecule has 2 aromatic heterocycles. The molecule has 0 bridgehead atoms. The zero-order valence-electron chi connectivity index (χ0n) is 9.53. The van der Waals surface area contributed by atoms with Gasteiger partial charge in [0.15, 0.2) is 0 Å². The van der Waals surface area contributed by atoms with E-state index < -0.39 is 16.1 Å². The van der Waals surface area contributed by atoms with Crippen LogP contribution in [0.25, 0.3) is 0 Å². The number of sulfonamides is 1. The summed E-state index contributed by atoms with van der Waals surface area (Å²) in [4.78, 5) is 7.56. The fraction of sp³-hybridized carbons (Fsp3) is 0.222. The van der Waals surface area contributed by atoms with Crippen LogP contribution in [0.1, 0.15) is 18.8 Å². The van der Waals surface area contributed by atoms with Crippen molar-refractivity contribution in [1.29, 1.82) is 0 Å². The molecule has 0 radical (unpaired) electrons. The maximum absolute atomic E-state index is 12.1. The van der Waals surface area contributed by atoms with Gasteiger partial charge in [0.1, 0.15) is 17.0 Å². The van der Waals surface area contributed by atoms with E-state index in [-0.39, 0.29) is 10.6 Å². The molecule has 0 amide bonds. The van der Waals surface area contributed by atoms with Gasteiger partial charge in [0.2, 0.25) is 10.0 Å². The Labute approximate surface area is 104 Å². The summed E-state index contributed by atoms with van der Waals surface area (Å²) >= 11 is 0. The van der Waals surface area contributed by atoms with Crippen molar-refractivity contribution in [2.75, 3.05) is 5.73 Å². The number of aromatic amines is 1. The van der Waals surface area contributed by atoms with Crippen LogP contribution in [-0.4, -0.2) is 28.6 Å². The van der Waals surface area contributed by atoms with E-state index in [1.807, 2.05) is 0 Å². The van der Waals surface area contributed by atoms with Gasteiger partial charge in [-0.15, -0.1) is 0 Å². The number of hydrogen-bond donors (Lipinski definition) is 3. The van der Waals surface area contributed by atoms with Crippen LogP contribution in [-0.2, 0) is 10.0 Å². The molecule has 2 heterocycles. The van der Waals surface area contributed by atoms with Crippen molar-refractivity contribution in [3.8, 4) is 0 Å². The van der Waals surface area contributed by atoms with Crippen molar-refractivity contribution in [3.63, 3.8) is 0 Å². The predicted molar refractivity (Wildman–Crippen MR) is 63.8 cm³/mol. The average molecular weight is 268 g/mol. The standard InChI is InChI=1S/C9H12N6O2S/c1-6(9-12-5-13-14-9)15-18(16,17)8-4-11-3-2-7(8)10/h2-6,15H,1H3,(H2,10,11)(H,12,13,14). The number of nitrogens with one attached hydrogen (secondary N) is 2. The Morgan fingerprint density at radius 3 is 2.89 bits per heavy atom. The quantitative estimate of drug-likeness (QED) is 0.706. The maximum atomic E-state index is 12.1. The molecule has 18 heavy (non-hydrogen) atoms.